The summed E-state index contributed by atoms with van der Waals surface area (Å²) in [4.78, 5) is 9.25. The van der Waals surface area contributed by atoms with Crippen molar-refractivity contribution in [3.05, 3.63) is 30.0 Å². The van der Waals surface area contributed by atoms with Gasteiger partial charge in [-0.2, -0.15) is 10.1 Å². The van der Waals surface area contributed by atoms with Gasteiger partial charge in [-0.1, -0.05) is 5.16 Å². The first-order valence-corrected chi connectivity index (χ1v) is 8.80. The number of aromatic nitrogens is 4. The Bertz CT molecular complexity index is 671. The Kier molecular flexibility index (Phi) is 4.18. The Morgan fingerprint density at radius 1 is 1.38 bits per heavy atom. The van der Waals surface area contributed by atoms with Gasteiger partial charge in [0.1, 0.15) is 0 Å². The van der Waals surface area contributed by atoms with Gasteiger partial charge in [-0.3, -0.25) is 4.90 Å². The fourth-order valence-corrected chi connectivity index (χ4v) is 3.38. The summed E-state index contributed by atoms with van der Waals surface area (Å²) in [5.41, 5.74) is 0. The molecule has 2 aromatic rings. The van der Waals surface area contributed by atoms with Crippen LogP contribution in [0.1, 0.15) is 56.3 Å². The highest BCUT2D eigenvalue weighted by atomic mass is 16.5. The van der Waals surface area contributed by atoms with E-state index in [1.54, 1.807) is 6.20 Å². The number of nitrogens with zero attached hydrogens (tertiary/aromatic N) is 6. The Morgan fingerprint density at radius 2 is 2.25 bits per heavy atom. The van der Waals surface area contributed by atoms with Crippen LogP contribution in [-0.2, 0) is 0 Å². The molecule has 3 heterocycles. The monoisotopic (exact) mass is 328 g/mol. The summed E-state index contributed by atoms with van der Waals surface area (Å²) in [7, 11) is 2.12. The lowest BCUT2D eigenvalue weighted by Gasteiger charge is -2.31. The maximum absolute atomic E-state index is 5.49. The summed E-state index contributed by atoms with van der Waals surface area (Å²) in [5, 5.41) is 12.4. The second-order valence-electron chi connectivity index (χ2n) is 6.95. The van der Waals surface area contributed by atoms with Gasteiger partial charge >= 0.3 is 0 Å². The fourth-order valence-electron chi connectivity index (χ4n) is 3.38. The molecular weight excluding hydrogens is 304 g/mol. The van der Waals surface area contributed by atoms with E-state index in [-0.39, 0.29) is 6.04 Å². The van der Waals surface area contributed by atoms with Gasteiger partial charge in [-0.25, -0.2) is 0 Å². The first kappa shape index (κ1) is 15.5. The Labute approximate surface area is 142 Å². The van der Waals surface area contributed by atoms with Crippen molar-refractivity contribution in [1.29, 1.82) is 0 Å². The van der Waals surface area contributed by atoms with Crippen molar-refractivity contribution < 1.29 is 4.52 Å². The molecule has 0 spiro atoms. The van der Waals surface area contributed by atoms with Crippen molar-refractivity contribution in [2.45, 2.75) is 50.6 Å². The normalized spacial score (nSPS) is 22.3. The minimum absolute atomic E-state index is 0.120. The molecule has 0 aromatic carbocycles. The number of rotatable bonds is 6. The Morgan fingerprint density at radius 3 is 3.00 bits per heavy atom. The molecule has 24 heavy (non-hydrogen) atoms. The maximum Gasteiger partial charge on any atom is 0.243 e. The first-order chi connectivity index (χ1) is 11.7. The molecule has 0 unspecified atom stereocenters. The summed E-state index contributed by atoms with van der Waals surface area (Å²) in [6.07, 6.45) is 6.47. The van der Waals surface area contributed by atoms with E-state index in [4.69, 9.17) is 4.52 Å². The van der Waals surface area contributed by atoms with E-state index in [2.05, 4.69) is 44.1 Å². The molecule has 0 bridgehead atoms. The van der Waals surface area contributed by atoms with Crippen LogP contribution in [0, 0.1) is 0 Å². The second-order valence-corrected chi connectivity index (χ2v) is 6.95. The zero-order chi connectivity index (χ0) is 16.5. The molecule has 1 aliphatic heterocycles. The van der Waals surface area contributed by atoms with Crippen LogP contribution in [0.5, 0.6) is 0 Å². The summed E-state index contributed by atoms with van der Waals surface area (Å²) >= 11 is 0. The molecule has 0 N–H and O–H groups in total. The molecular formula is C17H24N6O. The number of likely N-dealkylation sites (N-methyl/N-ethyl adjacent to an activating group) is 1. The topological polar surface area (TPSA) is 71.2 Å². The van der Waals surface area contributed by atoms with Gasteiger partial charge in [0.2, 0.25) is 5.89 Å². The van der Waals surface area contributed by atoms with E-state index in [1.807, 2.05) is 12.1 Å². The smallest absolute Gasteiger partial charge is 0.243 e. The molecule has 0 amide bonds. The summed E-state index contributed by atoms with van der Waals surface area (Å²) < 4.78 is 5.49. The van der Waals surface area contributed by atoms with E-state index in [1.165, 1.54) is 25.7 Å². The quantitative estimate of drug-likeness (QED) is 0.806. The third-order valence-corrected chi connectivity index (χ3v) is 5.15. The molecule has 2 aromatic heterocycles. The van der Waals surface area contributed by atoms with Gasteiger partial charge < -0.3 is 9.42 Å². The van der Waals surface area contributed by atoms with Crippen LogP contribution in [0.2, 0.25) is 0 Å². The van der Waals surface area contributed by atoms with Crippen LogP contribution in [0.25, 0.3) is 0 Å². The van der Waals surface area contributed by atoms with Crippen molar-refractivity contribution in [1.82, 2.24) is 25.2 Å². The van der Waals surface area contributed by atoms with Crippen LogP contribution < -0.4 is 4.90 Å². The van der Waals surface area contributed by atoms with Gasteiger partial charge in [0.15, 0.2) is 11.6 Å². The van der Waals surface area contributed by atoms with Crippen molar-refractivity contribution in [3.8, 4) is 0 Å². The second kappa shape index (κ2) is 6.47. The van der Waals surface area contributed by atoms with Crippen LogP contribution >= 0.6 is 0 Å². The molecule has 7 nitrogen and oxygen atoms in total. The summed E-state index contributed by atoms with van der Waals surface area (Å²) in [5.74, 6) is 3.10. The molecule has 2 atom stereocenters. The third kappa shape index (κ3) is 3.13. The Hall–Kier alpha value is -2.02. The maximum atomic E-state index is 5.49. The average Bonchev–Trinajstić information content (AvgIpc) is 3.16. The lowest BCUT2D eigenvalue weighted by Crippen LogP contribution is -2.40. The number of anilines is 1. The molecule has 1 aliphatic carbocycles. The minimum Gasteiger partial charge on any atom is -0.351 e. The van der Waals surface area contributed by atoms with Crippen molar-refractivity contribution in [2.75, 3.05) is 25.0 Å². The SMILES string of the molecule is C[C@H](c1nc(C2CC2)no1)N(C)C[C@@H]1CCCN1c1cccnn1. The van der Waals surface area contributed by atoms with E-state index in [0.717, 1.165) is 30.6 Å². The summed E-state index contributed by atoms with van der Waals surface area (Å²) in [6.45, 7) is 4.11. The average molecular weight is 328 g/mol. The zero-order valence-corrected chi connectivity index (χ0v) is 14.3. The van der Waals surface area contributed by atoms with Gasteiger partial charge in [0.05, 0.1) is 6.04 Å². The largest absolute Gasteiger partial charge is 0.351 e. The predicted octanol–water partition coefficient (Wildman–Crippen LogP) is 2.40. The standard InChI is InChI=1S/C17H24N6O/c1-12(17-19-16(21-24-17)13-7-8-13)22(2)11-14-5-4-10-23(14)15-6-3-9-18-20-15/h3,6,9,12-14H,4-5,7-8,10-11H2,1-2H3/t12-,14+/m1/s1. The summed E-state index contributed by atoms with van der Waals surface area (Å²) in [6, 6.07) is 4.55. The molecule has 0 radical (unpaired) electrons. The van der Waals surface area contributed by atoms with E-state index >= 15 is 0 Å². The highest BCUT2D eigenvalue weighted by Gasteiger charge is 2.32. The predicted molar refractivity (Wildman–Crippen MR) is 89.7 cm³/mol. The third-order valence-electron chi connectivity index (χ3n) is 5.15. The van der Waals surface area contributed by atoms with Gasteiger partial charge in [0, 0.05) is 31.2 Å². The number of hydrogen-bond donors (Lipinski definition) is 0. The van der Waals surface area contributed by atoms with Crippen molar-refractivity contribution in [3.63, 3.8) is 0 Å². The zero-order valence-electron chi connectivity index (χ0n) is 14.3. The molecule has 2 aliphatic rings. The lowest BCUT2D eigenvalue weighted by atomic mass is 10.2. The minimum atomic E-state index is 0.120. The molecule has 4 rings (SSSR count). The van der Waals surface area contributed by atoms with E-state index in [0.29, 0.717) is 12.0 Å². The van der Waals surface area contributed by atoms with Gasteiger partial charge in [-0.15, -0.1) is 5.10 Å². The van der Waals surface area contributed by atoms with Gasteiger partial charge in [0.25, 0.3) is 0 Å². The molecule has 1 saturated carbocycles. The van der Waals surface area contributed by atoms with Crippen molar-refractivity contribution in [2.24, 2.45) is 0 Å². The molecule has 128 valence electrons. The highest BCUT2D eigenvalue weighted by Crippen LogP contribution is 2.38. The lowest BCUT2D eigenvalue weighted by molar-refractivity contribution is 0.199. The van der Waals surface area contributed by atoms with Crippen LogP contribution in [0.4, 0.5) is 5.82 Å². The van der Waals surface area contributed by atoms with E-state index in [9.17, 15) is 0 Å². The Balaban J connectivity index is 1.41. The molecule has 7 heteroatoms. The first-order valence-electron chi connectivity index (χ1n) is 8.80. The van der Waals surface area contributed by atoms with Crippen molar-refractivity contribution >= 4 is 5.82 Å². The molecule has 1 saturated heterocycles. The number of hydrogen-bond acceptors (Lipinski definition) is 7. The highest BCUT2D eigenvalue weighted by molar-refractivity contribution is 5.39. The molecule has 2 fully saturated rings. The van der Waals surface area contributed by atoms with Gasteiger partial charge in [-0.05, 0) is 51.8 Å². The van der Waals surface area contributed by atoms with Crippen LogP contribution in [0.3, 0.4) is 0 Å². The fraction of sp³-hybridized carbons (Fsp3) is 0.647. The van der Waals surface area contributed by atoms with Crippen LogP contribution in [0.15, 0.2) is 22.9 Å². The van der Waals surface area contributed by atoms with E-state index < -0.39 is 0 Å². The van der Waals surface area contributed by atoms with Crippen LogP contribution in [-0.4, -0.2) is 51.4 Å².